The first-order valence-electron chi connectivity index (χ1n) is 7.11. The van der Waals surface area contributed by atoms with Crippen LogP contribution in [-0.4, -0.2) is 34.3 Å². The number of hydrogen-bond donors (Lipinski definition) is 4. The number of carbonyl (C=O) groups is 2. The number of aliphatic hydroxyl groups is 1. The number of rotatable bonds is 5. The fourth-order valence-corrected chi connectivity index (χ4v) is 2.14. The van der Waals surface area contributed by atoms with Crippen molar-refractivity contribution in [1.82, 2.24) is 10.8 Å². The molecule has 0 heterocycles. The quantitative estimate of drug-likeness (QED) is 0.494. The highest BCUT2D eigenvalue weighted by Gasteiger charge is 2.25. The Morgan fingerprint density at radius 2 is 1.52 bits per heavy atom. The molecule has 0 aliphatic carbocycles. The lowest BCUT2D eigenvalue weighted by atomic mass is 10.0. The smallest absolute Gasteiger partial charge is 0.268 e. The van der Waals surface area contributed by atoms with Crippen molar-refractivity contribution in [2.24, 2.45) is 0 Å². The number of nitrogens with one attached hydrogen (secondary N) is 2. The predicted molar refractivity (Wildman–Crippen MR) is 84.7 cm³/mol. The molecule has 0 aliphatic heterocycles. The Labute approximate surface area is 133 Å². The first-order chi connectivity index (χ1) is 11.0. The van der Waals surface area contributed by atoms with E-state index in [4.69, 9.17) is 5.21 Å². The Hall–Kier alpha value is -2.70. The molecule has 2 atom stereocenters. The maximum atomic E-state index is 12.1. The van der Waals surface area contributed by atoms with Crippen LogP contribution in [0.2, 0.25) is 0 Å². The van der Waals surface area contributed by atoms with Crippen molar-refractivity contribution in [2.75, 3.05) is 0 Å². The molecule has 6 nitrogen and oxygen atoms in total. The van der Waals surface area contributed by atoms with Gasteiger partial charge in [0.25, 0.3) is 11.8 Å². The maximum absolute atomic E-state index is 12.1. The minimum atomic E-state index is -1.23. The molecule has 0 saturated carbocycles. The summed E-state index contributed by atoms with van der Waals surface area (Å²) in [5.74, 6) is -1.40. The molecule has 0 fully saturated rings. The fourth-order valence-electron chi connectivity index (χ4n) is 2.14. The predicted octanol–water partition coefficient (Wildman–Crippen LogP) is 1.34. The number of amides is 2. The molecule has 2 aromatic carbocycles. The minimum absolute atomic E-state index is 0.348. The maximum Gasteiger partial charge on any atom is 0.268 e. The van der Waals surface area contributed by atoms with Gasteiger partial charge >= 0.3 is 0 Å². The van der Waals surface area contributed by atoms with Gasteiger partial charge in [-0.1, -0.05) is 42.5 Å². The highest BCUT2D eigenvalue weighted by atomic mass is 16.5. The van der Waals surface area contributed by atoms with Crippen molar-refractivity contribution < 1.29 is 19.9 Å². The SMILES string of the molecule is C[C@H](O)[C@@H](NC(=O)c1ccc(-c2ccccc2)cc1)C(=O)NO. The Balaban J connectivity index is 2.12. The van der Waals surface area contributed by atoms with E-state index >= 15 is 0 Å². The van der Waals surface area contributed by atoms with Crippen LogP contribution in [-0.2, 0) is 4.79 Å². The number of benzene rings is 2. The van der Waals surface area contributed by atoms with Crippen LogP contribution in [0.3, 0.4) is 0 Å². The monoisotopic (exact) mass is 314 g/mol. The van der Waals surface area contributed by atoms with Crippen LogP contribution < -0.4 is 10.8 Å². The summed E-state index contributed by atoms with van der Waals surface area (Å²) >= 11 is 0. The molecule has 0 aliphatic rings. The van der Waals surface area contributed by atoms with Gasteiger partial charge < -0.3 is 10.4 Å². The first kappa shape index (κ1) is 16.7. The van der Waals surface area contributed by atoms with Gasteiger partial charge in [0.15, 0.2) is 0 Å². The van der Waals surface area contributed by atoms with Crippen molar-refractivity contribution in [3.05, 3.63) is 60.2 Å². The van der Waals surface area contributed by atoms with Crippen molar-refractivity contribution in [2.45, 2.75) is 19.1 Å². The fraction of sp³-hybridized carbons (Fsp3) is 0.176. The number of aliphatic hydroxyl groups excluding tert-OH is 1. The van der Waals surface area contributed by atoms with Gasteiger partial charge in [0.1, 0.15) is 6.04 Å². The molecule has 0 unspecified atom stereocenters. The van der Waals surface area contributed by atoms with E-state index in [0.29, 0.717) is 5.56 Å². The van der Waals surface area contributed by atoms with Crippen LogP contribution in [0.25, 0.3) is 11.1 Å². The summed E-state index contributed by atoms with van der Waals surface area (Å²) in [5, 5.41) is 20.5. The zero-order valence-electron chi connectivity index (χ0n) is 12.6. The molecule has 0 aromatic heterocycles. The van der Waals surface area contributed by atoms with Gasteiger partial charge in [-0.2, -0.15) is 0 Å². The minimum Gasteiger partial charge on any atom is -0.391 e. The van der Waals surface area contributed by atoms with Crippen LogP contribution in [0.1, 0.15) is 17.3 Å². The molecule has 0 bridgehead atoms. The van der Waals surface area contributed by atoms with Crippen LogP contribution in [0.5, 0.6) is 0 Å². The zero-order valence-corrected chi connectivity index (χ0v) is 12.6. The van der Waals surface area contributed by atoms with Crippen LogP contribution >= 0.6 is 0 Å². The third-order valence-electron chi connectivity index (χ3n) is 3.42. The second-order valence-electron chi connectivity index (χ2n) is 5.11. The van der Waals surface area contributed by atoms with E-state index in [0.717, 1.165) is 11.1 Å². The molecule has 0 spiro atoms. The molecule has 0 radical (unpaired) electrons. The van der Waals surface area contributed by atoms with Gasteiger partial charge in [0.05, 0.1) is 6.10 Å². The summed E-state index contributed by atoms with van der Waals surface area (Å²) in [6, 6.07) is 15.3. The Kier molecular flexibility index (Phi) is 5.46. The average Bonchev–Trinajstić information content (AvgIpc) is 2.59. The summed E-state index contributed by atoms with van der Waals surface area (Å²) in [6.07, 6.45) is -1.14. The van der Waals surface area contributed by atoms with Gasteiger partial charge in [-0.15, -0.1) is 0 Å². The highest BCUT2D eigenvalue weighted by molar-refractivity contribution is 5.97. The lowest BCUT2D eigenvalue weighted by molar-refractivity contribution is -0.133. The van der Waals surface area contributed by atoms with Crippen LogP contribution in [0.15, 0.2) is 54.6 Å². The van der Waals surface area contributed by atoms with Gasteiger partial charge in [0.2, 0.25) is 0 Å². The van der Waals surface area contributed by atoms with E-state index in [1.165, 1.54) is 12.4 Å². The van der Waals surface area contributed by atoms with Gasteiger partial charge in [0, 0.05) is 5.56 Å². The topological polar surface area (TPSA) is 98.7 Å². The summed E-state index contributed by atoms with van der Waals surface area (Å²) in [5.41, 5.74) is 3.76. The van der Waals surface area contributed by atoms with E-state index in [1.54, 1.807) is 24.3 Å². The first-order valence-corrected chi connectivity index (χ1v) is 7.11. The van der Waals surface area contributed by atoms with Crippen molar-refractivity contribution >= 4 is 11.8 Å². The van der Waals surface area contributed by atoms with E-state index in [-0.39, 0.29) is 0 Å². The van der Waals surface area contributed by atoms with E-state index in [2.05, 4.69) is 5.32 Å². The summed E-state index contributed by atoms with van der Waals surface area (Å²) in [4.78, 5) is 23.6. The summed E-state index contributed by atoms with van der Waals surface area (Å²) < 4.78 is 0. The lowest BCUT2D eigenvalue weighted by Crippen LogP contribution is -2.51. The molecule has 0 saturated heterocycles. The number of hydrogen-bond acceptors (Lipinski definition) is 4. The third kappa shape index (κ3) is 4.15. The summed E-state index contributed by atoms with van der Waals surface area (Å²) in [6.45, 7) is 1.35. The van der Waals surface area contributed by atoms with E-state index < -0.39 is 24.0 Å². The van der Waals surface area contributed by atoms with Crippen molar-refractivity contribution in [3.63, 3.8) is 0 Å². The standard InChI is InChI=1S/C17H18N2O4/c1-11(20)15(17(22)19-23)18-16(21)14-9-7-13(8-10-14)12-5-3-2-4-6-12/h2-11,15,20,23H,1H3,(H,18,21)(H,19,22)/t11-,15+/m0/s1. The molecular weight excluding hydrogens is 296 g/mol. The molecule has 4 N–H and O–H groups in total. The molecule has 23 heavy (non-hydrogen) atoms. The second-order valence-corrected chi connectivity index (χ2v) is 5.11. The summed E-state index contributed by atoms with van der Waals surface area (Å²) in [7, 11) is 0. The Morgan fingerprint density at radius 3 is 2.04 bits per heavy atom. The highest BCUT2D eigenvalue weighted by Crippen LogP contribution is 2.19. The zero-order chi connectivity index (χ0) is 16.8. The molecule has 2 amide bonds. The number of hydroxylamine groups is 1. The Bertz CT molecular complexity index is 669. The molecule has 2 rings (SSSR count). The Morgan fingerprint density at radius 1 is 0.957 bits per heavy atom. The molecule has 120 valence electrons. The average molecular weight is 314 g/mol. The molecule has 2 aromatic rings. The van der Waals surface area contributed by atoms with Crippen molar-refractivity contribution in [3.8, 4) is 11.1 Å². The van der Waals surface area contributed by atoms with E-state index in [9.17, 15) is 14.7 Å². The van der Waals surface area contributed by atoms with Gasteiger partial charge in [-0.3, -0.25) is 14.8 Å². The van der Waals surface area contributed by atoms with Gasteiger partial charge in [-0.05, 0) is 30.2 Å². The van der Waals surface area contributed by atoms with Crippen molar-refractivity contribution in [1.29, 1.82) is 0 Å². The normalized spacial score (nSPS) is 13.0. The van der Waals surface area contributed by atoms with E-state index in [1.807, 2.05) is 30.3 Å². The van der Waals surface area contributed by atoms with Crippen LogP contribution in [0.4, 0.5) is 0 Å². The largest absolute Gasteiger partial charge is 0.391 e. The van der Waals surface area contributed by atoms with Crippen LogP contribution in [0, 0.1) is 0 Å². The van der Waals surface area contributed by atoms with Gasteiger partial charge in [-0.25, -0.2) is 5.48 Å². The third-order valence-corrected chi connectivity index (χ3v) is 3.42. The molecular formula is C17H18N2O4. The molecule has 6 heteroatoms. The lowest BCUT2D eigenvalue weighted by Gasteiger charge is -2.19. The number of carbonyl (C=O) groups excluding carboxylic acids is 2. The second kappa shape index (κ2) is 7.53.